The molecule has 0 aliphatic rings. The van der Waals surface area contributed by atoms with E-state index >= 15 is 0 Å². The van der Waals surface area contributed by atoms with Crippen LogP contribution in [0.3, 0.4) is 0 Å². The maximum atomic E-state index is 12.6. The number of amides is 2. The van der Waals surface area contributed by atoms with E-state index in [1.165, 1.54) is 0 Å². The normalized spacial score (nSPS) is 11.7. The molecule has 0 fully saturated rings. The molecule has 1 atom stereocenters. The first-order valence-electron chi connectivity index (χ1n) is 8.59. The average molecular weight is 449 g/mol. The summed E-state index contributed by atoms with van der Waals surface area (Å²) in [5.74, 6) is 0.221. The van der Waals surface area contributed by atoms with E-state index in [1.54, 1.807) is 24.3 Å². The van der Waals surface area contributed by atoms with Crippen LogP contribution in [0.25, 0.3) is 0 Å². The van der Waals surface area contributed by atoms with Gasteiger partial charge in [-0.05, 0) is 30.2 Å². The quantitative estimate of drug-likeness (QED) is 0.540. The number of halogens is 4. The molecular formula is C19H20ClF3N2O3S. The highest BCUT2D eigenvalue weighted by atomic mass is 35.5. The summed E-state index contributed by atoms with van der Waals surface area (Å²) in [6.07, 6.45) is -2.99. The third-order valence-corrected chi connectivity index (χ3v) is 4.45. The molecule has 0 aliphatic carbocycles. The van der Waals surface area contributed by atoms with E-state index < -0.39 is 17.0 Å². The van der Waals surface area contributed by atoms with Crippen molar-refractivity contribution < 1.29 is 27.5 Å². The van der Waals surface area contributed by atoms with Crippen LogP contribution in [0.5, 0.6) is 11.6 Å². The molecule has 0 bridgehead atoms. The average Bonchev–Trinajstić information content (AvgIpc) is 2.65. The molecule has 1 unspecified atom stereocenters. The molecule has 0 saturated heterocycles. The lowest BCUT2D eigenvalue weighted by molar-refractivity contribution is -0.137. The van der Waals surface area contributed by atoms with Crippen LogP contribution in [0.15, 0.2) is 36.5 Å². The number of pyridine rings is 1. The lowest BCUT2D eigenvalue weighted by Gasteiger charge is -2.12. The maximum absolute atomic E-state index is 12.6. The molecule has 0 radical (unpaired) electrons. The largest absolute Gasteiger partial charge is 0.438 e. The molecule has 10 heteroatoms. The smallest absolute Gasteiger partial charge is 0.417 e. The Hall–Kier alpha value is -2.26. The van der Waals surface area contributed by atoms with E-state index in [-0.39, 0.29) is 16.2 Å². The Morgan fingerprint density at radius 2 is 1.93 bits per heavy atom. The predicted octanol–water partition coefficient (Wildman–Crippen LogP) is 6.10. The van der Waals surface area contributed by atoms with E-state index in [0.717, 1.165) is 23.4 Å². The number of carbonyl (C=O) groups is 2. The van der Waals surface area contributed by atoms with Crippen LogP contribution in [0.4, 0.5) is 18.0 Å². The van der Waals surface area contributed by atoms with Crippen LogP contribution >= 0.6 is 23.4 Å². The predicted molar refractivity (Wildman–Crippen MR) is 107 cm³/mol. The number of nitrogens with one attached hydrogen (secondary N) is 1. The fraction of sp³-hybridized carbons (Fsp3) is 0.316. The fourth-order valence-corrected chi connectivity index (χ4v) is 3.06. The fourth-order valence-electron chi connectivity index (χ4n) is 2.10. The summed E-state index contributed by atoms with van der Waals surface area (Å²) in [4.78, 5) is 25.1. The van der Waals surface area contributed by atoms with Gasteiger partial charge < -0.3 is 4.74 Å². The standard InChI is InChI=1S/C17H14ClF3N2O3S.C2H6/c1-10(27-16(25)23-9-24)6-11-2-4-13(5-3-11)26-15-14(18)7-12(8-22-15)17(19,20)21;1-2/h2-5,7-10H,6H2,1H3,(H,23,24,25);1-2H3. The Labute approximate surface area is 176 Å². The van der Waals surface area contributed by atoms with E-state index in [0.29, 0.717) is 24.8 Å². The molecular weight excluding hydrogens is 429 g/mol. The van der Waals surface area contributed by atoms with E-state index in [4.69, 9.17) is 16.3 Å². The lowest BCUT2D eigenvalue weighted by Crippen LogP contribution is -2.19. The van der Waals surface area contributed by atoms with Crippen LogP contribution in [0, 0.1) is 0 Å². The van der Waals surface area contributed by atoms with Gasteiger partial charge in [0.25, 0.3) is 5.24 Å². The number of imide groups is 1. The third-order valence-electron chi connectivity index (χ3n) is 3.28. The van der Waals surface area contributed by atoms with Crippen molar-refractivity contribution in [3.63, 3.8) is 0 Å². The summed E-state index contributed by atoms with van der Waals surface area (Å²) in [6.45, 7) is 5.84. The van der Waals surface area contributed by atoms with E-state index in [1.807, 2.05) is 20.8 Å². The monoisotopic (exact) mass is 448 g/mol. The summed E-state index contributed by atoms with van der Waals surface area (Å²) in [5, 5.41) is 1.30. The van der Waals surface area contributed by atoms with Crippen molar-refractivity contribution in [2.75, 3.05) is 0 Å². The number of carbonyl (C=O) groups excluding carboxylic acids is 2. The second kappa shape index (κ2) is 11.7. The highest BCUT2D eigenvalue weighted by Crippen LogP contribution is 2.34. The van der Waals surface area contributed by atoms with Gasteiger partial charge in [-0.2, -0.15) is 13.2 Å². The molecule has 29 heavy (non-hydrogen) atoms. The topological polar surface area (TPSA) is 68.3 Å². The van der Waals surface area contributed by atoms with Gasteiger partial charge in [-0.1, -0.05) is 56.3 Å². The minimum absolute atomic E-state index is 0.0669. The van der Waals surface area contributed by atoms with Crippen molar-refractivity contribution in [2.24, 2.45) is 0 Å². The Morgan fingerprint density at radius 1 is 1.31 bits per heavy atom. The molecule has 2 rings (SSSR count). The number of rotatable bonds is 6. The number of aromatic nitrogens is 1. The molecule has 158 valence electrons. The number of thioether (sulfide) groups is 1. The van der Waals surface area contributed by atoms with Crippen LogP contribution in [0.1, 0.15) is 31.9 Å². The summed E-state index contributed by atoms with van der Waals surface area (Å²) in [7, 11) is 0. The van der Waals surface area contributed by atoms with Crippen LogP contribution < -0.4 is 10.1 Å². The first-order valence-corrected chi connectivity index (χ1v) is 9.85. The summed E-state index contributed by atoms with van der Waals surface area (Å²) < 4.78 is 43.3. The summed E-state index contributed by atoms with van der Waals surface area (Å²) >= 11 is 6.81. The molecule has 1 aromatic heterocycles. The van der Waals surface area contributed by atoms with Crippen LogP contribution in [-0.4, -0.2) is 21.9 Å². The van der Waals surface area contributed by atoms with Gasteiger partial charge in [-0.15, -0.1) is 0 Å². The van der Waals surface area contributed by atoms with Crippen LogP contribution in [0.2, 0.25) is 5.02 Å². The van der Waals surface area contributed by atoms with Gasteiger partial charge >= 0.3 is 6.18 Å². The number of nitrogens with zero attached hydrogens (tertiary/aromatic N) is 1. The van der Waals surface area contributed by atoms with Crippen molar-refractivity contribution in [3.05, 3.63) is 52.7 Å². The molecule has 0 spiro atoms. The van der Waals surface area contributed by atoms with Gasteiger partial charge in [0.15, 0.2) is 0 Å². The highest BCUT2D eigenvalue weighted by Gasteiger charge is 2.31. The van der Waals surface area contributed by atoms with E-state index in [9.17, 15) is 22.8 Å². The lowest BCUT2D eigenvalue weighted by atomic mass is 10.1. The third kappa shape index (κ3) is 8.33. The second-order valence-electron chi connectivity index (χ2n) is 5.44. The molecule has 1 aromatic carbocycles. The summed E-state index contributed by atoms with van der Waals surface area (Å²) in [6, 6.07) is 7.49. The highest BCUT2D eigenvalue weighted by molar-refractivity contribution is 8.14. The van der Waals surface area contributed by atoms with Crippen LogP contribution in [-0.2, 0) is 17.4 Å². The molecule has 2 amide bonds. The zero-order valence-electron chi connectivity index (χ0n) is 15.9. The zero-order valence-corrected chi connectivity index (χ0v) is 17.5. The van der Waals surface area contributed by atoms with Crippen molar-refractivity contribution in [3.8, 4) is 11.6 Å². The van der Waals surface area contributed by atoms with Crippen molar-refractivity contribution in [1.29, 1.82) is 0 Å². The molecule has 0 aliphatic heterocycles. The minimum atomic E-state index is -4.53. The zero-order chi connectivity index (χ0) is 22.0. The van der Waals surface area contributed by atoms with Crippen molar-refractivity contribution in [2.45, 2.75) is 38.6 Å². The molecule has 1 heterocycles. The Balaban J connectivity index is 0.00000204. The number of ether oxygens (including phenoxy) is 1. The van der Waals surface area contributed by atoms with Gasteiger partial charge in [-0.25, -0.2) is 4.98 Å². The van der Waals surface area contributed by atoms with Gasteiger partial charge in [0.2, 0.25) is 12.3 Å². The Bertz CT molecular complexity index is 817. The van der Waals surface area contributed by atoms with Gasteiger partial charge in [0.1, 0.15) is 10.8 Å². The molecule has 0 saturated carbocycles. The van der Waals surface area contributed by atoms with Crippen molar-refractivity contribution in [1.82, 2.24) is 10.3 Å². The van der Waals surface area contributed by atoms with Gasteiger partial charge in [0.05, 0.1) is 5.56 Å². The SMILES string of the molecule is CC.CC(Cc1ccc(Oc2ncc(C(F)(F)F)cc2Cl)cc1)SC(=O)NC=O. The van der Waals surface area contributed by atoms with Gasteiger partial charge in [0, 0.05) is 11.4 Å². The first-order chi connectivity index (χ1) is 13.7. The molecule has 5 nitrogen and oxygen atoms in total. The van der Waals surface area contributed by atoms with Gasteiger partial charge in [-0.3, -0.25) is 14.9 Å². The molecule has 1 N–H and O–H groups in total. The minimum Gasteiger partial charge on any atom is -0.438 e. The number of hydrogen-bond acceptors (Lipinski definition) is 5. The number of hydrogen-bond donors (Lipinski definition) is 1. The number of alkyl halides is 3. The first kappa shape index (κ1) is 24.8. The van der Waals surface area contributed by atoms with Crippen molar-refractivity contribution >= 4 is 35.0 Å². The maximum Gasteiger partial charge on any atom is 0.417 e. The second-order valence-corrected chi connectivity index (χ2v) is 7.26. The Morgan fingerprint density at radius 3 is 2.45 bits per heavy atom. The molecule has 2 aromatic rings. The summed E-state index contributed by atoms with van der Waals surface area (Å²) in [5.41, 5.74) is -0.0481. The Kier molecular flexibility index (Phi) is 9.97. The number of benzene rings is 1. The van der Waals surface area contributed by atoms with E-state index in [2.05, 4.69) is 10.3 Å².